The molecule has 2 N–H and O–H groups in total. The number of H-pyrrole nitrogens is 1. The number of imidazole rings is 1. The van der Waals surface area contributed by atoms with Gasteiger partial charge >= 0.3 is 5.97 Å². The van der Waals surface area contributed by atoms with E-state index in [0.29, 0.717) is 11.4 Å². The number of hydrogen-bond donors (Lipinski definition) is 2. The van der Waals surface area contributed by atoms with Crippen molar-refractivity contribution in [3.8, 4) is 11.4 Å². The number of esters is 1. The van der Waals surface area contributed by atoms with Crippen LogP contribution in [0.4, 0.5) is 0 Å². The summed E-state index contributed by atoms with van der Waals surface area (Å²) in [5.74, 6) is -0.104. The molecule has 0 spiro atoms. The SMILES string of the molecule is O=C(COC(=O)c1ccc2nc(-c3cccnc3)[nH]c2c1)NC1CCCC1. The molecule has 1 amide bonds. The Morgan fingerprint density at radius 3 is 2.85 bits per heavy atom. The largest absolute Gasteiger partial charge is 0.452 e. The summed E-state index contributed by atoms with van der Waals surface area (Å²) in [4.78, 5) is 35.9. The van der Waals surface area contributed by atoms with Crippen LogP contribution in [-0.4, -0.2) is 39.5 Å². The van der Waals surface area contributed by atoms with Crippen LogP contribution >= 0.6 is 0 Å². The van der Waals surface area contributed by atoms with Gasteiger partial charge in [-0.3, -0.25) is 9.78 Å². The highest BCUT2D eigenvalue weighted by Gasteiger charge is 2.18. The molecule has 2 aromatic heterocycles. The Morgan fingerprint density at radius 2 is 2.07 bits per heavy atom. The first kappa shape index (κ1) is 17.2. The molecule has 0 radical (unpaired) electrons. The van der Waals surface area contributed by atoms with Crippen molar-refractivity contribution in [3.63, 3.8) is 0 Å². The first-order chi connectivity index (χ1) is 13.2. The van der Waals surface area contributed by atoms with Crippen LogP contribution in [0.15, 0.2) is 42.7 Å². The van der Waals surface area contributed by atoms with Gasteiger partial charge in [0.15, 0.2) is 6.61 Å². The predicted octanol–water partition coefficient (Wildman–Crippen LogP) is 2.84. The number of rotatable bonds is 5. The molecule has 2 heterocycles. The van der Waals surface area contributed by atoms with Crippen LogP contribution in [0.2, 0.25) is 0 Å². The maximum atomic E-state index is 12.3. The molecule has 7 nitrogen and oxygen atoms in total. The fourth-order valence-corrected chi connectivity index (χ4v) is 3.33. The van der Waals surface area contributed by atoms with E-state index in [0.717, 1.165) is 42.3 Å². The number of nitrogens with one attached hydrogen (secondary N) is 2. The molecule has 1 aliphatic carbocycles. The lowest BCUT2D eigenvalue weighted by Gasteiger charge is -2.11. The van der Waals surface area contributed by atoms with Crippen LogP contribution in [0.3, 0.4) is 0 Å². The van der Waals surface area contributed by atoms with E-state index in [1.165, 1.54) is 0 Å². The lowest BCUT2D eigenvalue weighted by Crippen LogP contribution is -2.35. The zero-order chi connectivity index (χ0) is 18.6. The minimum Gasteiger partial charge on any atom is -0.452 e. The number of ether oxygens (including phenoxy) is 1. The number of aromatic nitrogens is 3. The van der Waals surface area contributed by atoms with Gasteiger partial charge in [-0.2, -0.15) is 0 Å². The molecular formula is C20H20N4O3. The highest BCUT2D eigenvalue weighted by Crippen LogP contribution is 2.21. The van der Waals surface area contributed by atoms with Gasteiger partial charge in [0.25, 0.3) is 5.91 Å². The van der Waals surface area contributed by atoms with Crippen molar-refractivity contribution in [2.75, 3.05) is 6.61 Å². The monoisotopic (exact) mass is 364 g/mol. The summed E-state index contributed by atoms with van der Waals surface area (Å²) in [5, 5.41) is 2.90. The number of nitrogens with zero attached hydrogens (tertiary/aromatic N) is 2. The second-order valence-electron chi connectivity index (χ2n) is 6.68. The lowest BCUT2D eigenvalue weighted by molar-refractivity contribution is -0.124. The number of aromatic amines is 1. The van der Waals surface area contributed by atoms with E-state index in [2.05, 4.69) is 20.3 Å². The average Bonchev–Trinajstić information content (AvgIpc) is 3.35. The second-order valence-corrected chi connectivity index (χ2v) is 6.68. The molecule has 0 unspecified atom stereocenters. The Kier molecular flexibility index (Phi) is 4.82. The number of carbonyl (C=O) groups excluding carboxylic acids is 2. The molecule has 0 atom stereocenters. The first-order valence-corrected chi connectivity index (χ1v) is 9.06. The molecule has 3 aromatic rings. The quantitative estimate of drug-likeness (QED) is 0.679. The molecule has 1 aromatic carbocycles. The van der Waals surface area contributed by atoms with Crippen LogP contribution in [0.1, 0.15) is 36.0 Å². The van der Waals surface area contributed by atoms with Gasteiger partial charge in [-0.15, -0.1) is 0 Å². The van der Waals surface area contributed by atoms with Crippen LogP contribution in [0.25, 0.3) is 22.4 Å². The van der Waals surface area contributed by atoms with Crippen molar-refractivity contribution >= 4 is 22.9 Å². The predicted molar refractivity (Wildman–Crippen MR) is 100 cm³/mol. The van der Waals surface area contributed by atoms with Crippen LogP contribution < -0.4 is 5.32 Å². The Labute approximate surface area is 156 Å². The molecule has 1 aliphatic rings. The zero-order valence-corrected chi connectivity index (χ0v) is 14.8. The number of hydrogen-bond acceptors (Lipinski definition) is 5. The zero-order valence-electron chi connectivity index (χ0n) is 14.8. The Hall–Kier alpha value is -3.22. The number of carbonyl (C=O) groups is 2. The summed E-state index contributed by atoms with van der Waals surface area (Å²) >= 11 is 0. The number of fused-ring (bicyclic) bond motifs is 1. The molecule has 0 saturated heterocycles. The highest BCUT2D eigenvalue weighted by atomic mass is 16.5. The van der Waals surface area contributed by atoms with Crippen LogP contribution in [0, 0.1) is 0 Å². The Balaban J connectivity index is 1.42. The molecule has 7 heteroatoms. The van der Waals surface area contributed by atoms with Crippen molar-refractivity contribution in [3.05, 3.63) is 48.3 Å². The molecular weight excluding hydrogens is 344 g/mol. The van der Waals surface area contributed by atoms with Crippen LogP contribution in [0.5, 0.6) is 0 Å². The third kappa shape index (κ3) is 3.97. The van der Waals surface area contributed by atoms with Gasteiger partial charge in [-0.1, -0.05) is 12.8 Å². The van der Waals surface area contributed by atoms with Crippen molar-refractivity contribution in [2.24, 2.45) is 0 Å². The molecule has 0 aliphatic heterocycles. The molecule has 4 rings (SSSR count). The second kappa shape index (κ2) is 7.57. The van der Waals surface area contributed by atoms with Gasteiger partial charge < -0.3 is 15.0 Å². The standard InChI is InChI=1S/C20H20N4O3/c25-18(22-15-5-1-2-6-15)12-27-20(26)13-7-8-16-17(10-13)24-19(23-16)14-4-3-9-21-11-14/h3-4,7-11,15H,1-2,5-6,12H2,(H,22,25)(H,23,24). The third-order valence-electron chi connectivity index (χ3n) is 4.71. The topological polar surface area (TPSA) is 97.0 Å². The number of amides is 1. The van der Waals surface area contributed by atoms with Gasteiger partial charge in [-0.05, 0) is 43.2 Å². The van der Waals surface area contributed by atoms with Crippen molar-refractivity contribution in [1.82, 2.24) is 20.3 Å². The fourth-order valence-electron chi connectivity index (χ4n) is 3.33. The number of benzene rings is 1. The minimum atomic E-state index is -0.531. The maximum absolute atomic E-state index is 12.3. The van der Waals surface area contributed by atoms with Crippen molar-refractivity contribution in [1.29, 1.82) is 0 Å². The summed E-state index contributed by atoms with van der Waals surface area (Å²) in [5.41, 5.74) is 2.70. The van der Waals surface area contributed by atoms with E-state index in [-0.39, 0.29) is 18.6 Å². The smallest absolute Gasteiger partial charge is 0.338 e. The maximum Gasteiger partial charge on any atom is 0.338 e. The Bertz CT molecular complexity index is 962. The number of pyridine rings is 1. The van der Waals surface area contributed by atoms with E-state index >= 15 is 0 Å². The molecule has 0 bridgehead atoms. The van der Waals surface area contributed by atoms with Crippen molar-refractivity contribution < 1.29 is 14.3 Å². The van der Waals surface area contributed by atoms with Crippen molar-refractivity contribution in [2.45, 2.75) is 31.7 Å². The van der Waals surface area contributed by atoms with E-state index in [1.807, 2.05) is 12.1 Å². The minimum absolute atomic E-state index is 0.212. The van der Waals surface area contributed by atoms with Gasteiger partial charge in [0, 0.05) is 24.0 Å². The average molecular weight is 364 g/mol. The molecule has 1 fully saturated rings. The molecule has 138 valence electrons. The lowest BCUT2D eigenvalue weighted by atomic mass is 10.2. The third-order valence-corrected chi connectivity index (χ3v) is 4.71. The summed E-state index contributed by atoms with van der Waals surface area (Å²) in [7, 11) is 0. The normalized spacial score (nSPS) is 14.4. The Morgan fingerprint density at radius 1 is 1.22 bits per heavy atom. The van der Waals surface area contributed by atoms with E-state index < -0.39 is 5.97 Å². The summed E-state index contributed by atoms with van der Waals surface area (Å²) in [6, 6.07) is 9.03. The first-order valence-electron chi connectivity index (χ1n) is 9.06. The van der Waals surface area contributed by atoms with Gasteiger partial charge in [0.2, 0.25) is 0 Å². The van der Waals surface area contributed by atoms with Crippen LogP contribution in [-0.2, 0) is 9.53 Å². The summed E-state index contributed by atoms with van der Waals surface area (Å²) < 4.78 is 5.15. The summed E-state index contributed by atoms with van der Waals surface area (Å²) in [6.07, 6.45) is 7.68. The summed E-state index contributed by atoms with van der Waals surface area (Å²) in [6.45, 7) is -0.267. The van der Waals surface area contributed by atoms with Gasteiger partial charge in [0.05, 0.1) is 16.6 Å². The van der Waals surface area contributed by atoms with Gasteiger partial charge in [-0.25, -0.2) is 9.78 Å². The molecule has 27 heavy (non-hydrogen) atoms. The highest BCUT2D eigenvalue weighted by molar-refractivity contribution is 5.95. The fraction of sp³-hybridized carbons (Fsp3) is 0.300. The van der Waals surface area contributed by atoms with Gasteiger partial charge in [0.1, 0.15) is 5.82 Å². The van der Waals surface area contributed by atoms with E-state index in [9.17, 15) is 9.59 Å². The van der Waals surface area contributed by atoms with E-state index in [4.69, 9.17) is 4.74 Å². The molecule has 1 saturated carbocycles. The van der Waals surface area contributed by atoms with E-state index in [1.54, 1.807) is 30.6 Å².